The molecule has 1 atom stereocenters. The van der Waals surface area contributed by atoms with E-state index in [-0.39, 0.29) is 0 Å². The zero-order valence-corrected chi connectivity index (χ0v) is 9.37. The van der Waals surface area contributed by atoms with Crippen molar-refractivity contribution in [1.29, 1.82) is 0 Å². The van der Waals surface area contributed by atoms with E-state index < -0.39 is 0 Å². The summed E-state index contributed by atoms with van der Waals surface area (Å²) in [4.78, 5) is 4.06. The van der Waals surface area contributed by atoms with Gasteiger partial charge in [-0.15, -0.1) is 0 Å². The van der Waals surface area contributed by atoms with Gasteiger partial charge in [-0.3, -0.25) is 4.98 Å². The fourth-order valence-corrected chi connectivity index (χ4v) is 1.88. The van der Waals surface area contributed by atoms with Crippen LogP contribution in [0.4, 0.5) is 0 Å². The van der Waals surface area contributed by atoms with Crippen LogP contribution in [-0.4, -0.2) is 4.98 Å². The third kappa shape index (κ3) is 3.49. The maximum Gasteiger partial charge on any atom is 0.0270 e. The van der Waals surface area contributed by atoms with E-state index in [2.05, 4.69) is 31.0 Å². The topological polar surface area (TPSA) is 12.9 Å². The maximum atomic E-state index is 4.06. The number of nitrogens with zero attached hydrogens (tertiary/aromatic N) is 1. The van der Waals surface area contributed by atoms with Gasteiger partial charge < -0.3 is 0 Å². The second-order valence-corrected chi connectivity index (χ2v) is 3.88. The highest BCUT2D eigenvalue weighted by atomic mass is 14.6. The maximum absolute atomic E-state index is 4.06. The van der Waals surface area contributed by atoms with Gasteiger partial charge in [-0.05, 0) is 36.5 Å². The van der Waals surface area contributed by atoms with E-state index in [0.29, 0.717) is 0 Å². The molecule has 0 fully saturated rings. The Hall–Kier alpha value is -0.850. The highest BCUT2D eigenvalue weighted by molar-refractivity contribution is 5.15. The Morgan fingerprint density at radius 1 is 1.14 bits per heavy atom. The van der Waals surface area contributed by atoms with Crippen LogP contribution in [0.15, 0.2) is 24.5 Å². The molecule has 78 valence electrons. The van der Waals surface area contributed by atoms with E-state index in [1.807, 2.05) is 12.4 Å². The summed E-state index contributed by atoms with van der Waals surface area (Å²) in [6.07, 6.45) is 10.4. The zero-order chi connectivity index (χ0) is 10.2. The van der Waals surface area contributed by atoms with Crippen molar-refractivity contribution in [3.05, 3.63) is 30.1 Å². The predicted octanol–water partition coefficient (Wildman–Crippen LogP) is 4.16. The lowest BCUT2D eigenvalue weighted by Gasteiger charge is -2.14. The van der Waals surface area contributed by atoms with E-state index in [9.17, 15) is 0 Å². The molecule has 0 spiro atoms. The molecule has 1 nitrogen and oxygen atoms in total. The molecule has 1 heteroatoms. The predicted molar refractivity (Wildman–Crippen MR) is 61.4 cm³/mol. The number of hydrogen-bond donors (Lipinski definition) is 0. The highest BCUT2D eigenvalue weighted by Gasteiger charge is 2.07. The Balaban J connectivity index is 2.46. The summed E-state index contributed by atoms with van der Waals surface area (Å²) in [5, 5.41) is 0. The van der Waals surface area contributed by atoms with Crippen molar-refractivity contribution < 1.29 is 0 Å². The van der Waals surface area contributed by atoms with Crippen molar-refractivity contribution in [3.63, 3.8) is 0 Å². The van der Waals surface area contributed by atoms with Gasteiger partial charge >= 0.3 is 0 Å². The molecule has 0 saturated carbocycles. The van der Waals surface area contributed by atoms with Crippen molar-refractivity contribution in [3.8, 4) is 0 Å². The molecule has 1 unspecified atom stereocenters. The standard InChI is InChI=1S/C13H21N/c1-3-5-6-7-12(4-2)13-8-10-14-11-9-13/h8-12H,3-7H2,1-2H3. The first-order chi connectivity index (χ1) is 6.88. The molecule has 1 aromatic heterocycles. The van der Waals surface area contributed by atoms with Crippen LogP contribution in [0.1, 0.15) is 57.4 Å². The SMILES string of the molecule is CCCCCC(CC)c1ccncc1. The van der Waals surface area contributed by atoms with Crippen LogP contribution in [0, 0.1) is 0 Å². The lowest BCUT2D eigenvalue weighted by molar-refractivity contribution is 0.553. The molecule has 0 N–H and O–H groups in total. The van der Waals surface area contributed by atoms with Crippen LogP contribution >= 0.6 is 0 Å². The van der Waals surface area contributed by atoms with Gasteiger partial charge in [0.2, 0.25) is 0 Å². The zero-order valence-electron chi connectivity index (χ0n) is 9.37. The van der Waals surface area contributed by atoms with Gasteiger partial charge in [0, 0.05) is 12.4 Å². The first-order valence-electron chi connectivity index (χ1n) is 5.78. The molecule has 0 aliphatic carbocycles. The molecule has 0 aromatic carbocycles. The molecule has 0 bridgehead atoms. The lowest BCUT2D eigenvalue weighted by atomic mass is 9.92. The second-order valence-electron chi connectivity index (χ2n) is 3.88. The molecular weight excluding hydrogens is 170 g/mol. The summed E-state index contributed by atoms with van der Waals surface area (Å²) < 4.78 is 0. The van der Waals surface area contributed by atoms with Crippen molar-refractivity contribution in [1.82, 2.24) is 4.98 Å². The quantitative estimate of drug-likeness (QED) is 0.615. The third-order valence-electron chi connectivity index (χ3n) is 2.83. The van der Waals surface area contributed by atoms with Crippen LogP contribution in [0.2, 0.25) is 0 Å². The number of pyridine rings is 1. The van der Waals surface area contributed by atoms with Crippen molar-refractivity contribution in [2.24, 2.45) is 0 Å². The van der Waals surface area contributed by atoms with Gasteiger partial charge in [-0.25, -0.2) is 0 Å². The fourth-order valence-electron chi connectivity index (χ4n) is 1.88. The molecule has 0 aliphatic heterocycles. The van der Waals surface area contributed by atoms with E-state index in [4.69, 9.17) is 0 Å². The average molecular weight is 191 g/mol. The summed E-state index contributed by atoms with van der Waals surface area (Å²) in [5.41, 5.74) is 1.46. The fraction of sp³-hybridized carbons (Fsp3) is 0.615. The first kappa shape index (κ1) is 11.2. The van der Waals surface area contributed by atoms with E-state index >= 15 is 0 Å². The smallest absolute Gasteiger partial charge is 0.0270 e. The van der Waals surface area contributed by atoms with Crippen LogP contribution < -0.4 is 0 Å². The summed E-state index contributed by atoms with van der Waals surface area (Å²) >= 11 is 0. The van der Waals surface area contributed by atoms with E-state index in [0.717, 1.165) is 5.92 Å². The van der Waals surface area contributed by atoms with Crippen LogP contribution in [0.3, 0.4) is 0 Å². The molecule has 1 heterocycles. The third-order valence-corrected chi connectivity index (χ3v) is 2.83. The summed E-state index contributed by atoms with van der Waals surface area (Å²) in [5.74, 6) is 0.740. The molecule has 14 heavy (non-hydrogen) atoms. The Morgan fingerprint density at radius 2 is 1.86 bits per heavy atom. The molecule has 0 aliphatic rings. The minimum atomic E-state index is 0.740. The van der Waals surface area contributed by atoms with Gasteiger partial charge in [-0.2, -0.15) is 0 Å². The van der Waals surface area contributed by atoms with Crippen molar-refractivity contribution in [2.45, 2.75) is 51.9 Å². The van der Waals surface area contributed by atoms with Gasteiger partial charge in [0.15, 0.2) is 0 Å². The van der Waals surface area contributed by atoms with E-state index in [1.54, 1.807) is 0 Å². The summed E-state index contributed by atoms with van der Waals surface area (Å²) in [6.45, 7) is 4.53. The lowest BCUT2D eigenvalue weighted by Crippen LogP contribution is -1.97. The Kier molecular flexibility index (Phi) is 5.28. The monoisotopic (exact) mass is 191 g/mol. The minimum absolute atomic E-state index is 0.740. The molecule has 0 saturated heterocycles. The molecule has 0 radical (unpaired) electrons. The van der Waals surface area contributed by atoms with Crippen molar-refractivity contribution >= 4 is 0 Å². The summed E-state index contributed by atoms with van der Waals surface area (Å²) in [6, 6.07) is 4.31. The molecule has 1 aromatic rings. The number of aromatic nitrogens is 1. The minimum Gasteiger partial charge on any atom is -0.265 e. The number of rotatable bonds is 6. The highest BCUT2D eigenvalue weighted by Crippen LogP contribution is 2.24. The summed E-state index contributed by atoms with van der Waals surface area (Å²) in [7, 11) is 0. The van der Waals surface area contributed by atoms with Crippen molar-refractivity contribution in [2.75, 3.05) is 0 Å². The Labute approximate surface area is 87.6 Å². The van der Waals surface area contributed by atoms with Crippen LogP contribution in [0.25, 0.3) is 0 Å². The first-order valence-corrected chi connectivity index (χ1v) is 5.78. The Bertz CT molecular complexity index is 230. The van der Waals surface area contributed by atoms with Crippen LogP contribution in [-0.2, 0) is 0 Å². The average Bonchev–Trinajstić information content (AvgIpc) is 2.26. The van der Waals surface area contributed by atoms with Gasteiger partial charge in [-0.1, -0.05) is 33.1 Å². The van der Waals surface area contributed by atoms with E-state index in [1.165, 1.54) is 37.7 Å². The number of unbranched alkanes of at least 4 members (excludes halogenated alkanes) is 2. The van der Waals surface area contributed by atoms with Gasteiger partial charge in [0.1, 0.15) is 0 Å². The second kappa shape index (κ2) is 6.58. The van der Waals surface area contributed by atoms with Crippen LogP contribution in [0.5, 0.6) is 0 Å². The van der Waals surface area contributed by atoms with Gasteiger partial charge in [0.25, 0.3) is 0 Å². The normalized spacial score (nSPS) is 12.7. The Morgan fingerprint density at radius 3 is 2.43 bits per heavy atom. The molecule has 1 rings (SSSR count). The molecule has 0 amide bonds. The number of hydrogen-bond acceptors (Lipinski definition) is 1. The largest absolute Gasteiger partial charge is 0.265 e. The molecular formula is C13H21N. The van der Waals surface area contributed by atoms with Gasteiger partial charge in [0.05, 0.1) is 0 Å².